The Morgan fingerprint density at radius 2 is 2.00 bits per heavy atom. The fourth-order valence-electron chi connectivity index (χ4n) is 3.69. The first-order chi connectivity index (χ1) is 16.9. The van der Waals surface area contributed by atoms with Crippen LogP contribution in [0.15, 0.2) is 29.6 Å². The van der Waals surface area contributed by atoms with Crippen LogP contribution >= 0.6 is 11.3 Å². The quantitative estimate of drug-likeness (QED) is 0.429. The molecule has 0 saturated heterocycles. The third kappa shape index (κ3) is 5.87. The van der Waals surface area contributed by atoms with E-state index in [-0.39, 0.29) is 18.0 Å². The molecule has 12 nitrogen and oxygen atoms in total. The predicted molar refractivity (Wildman–Crippen MR) is 130 cm³/mol. The summed E-state index contributed by atoms with van der Waals surface area (Å²) in [6.07, 6.45) is 4.21. The number of methoxy groups -OCH3 is 2. The highest BCUT2D eigenvalue weighted by molar-refractivity contribution is 7.15. The standard InChI is InChI=1S/C22H28N8O4S/c1-12(2)24-19(31)13-5-7-23-10-15(13)25-20(32)29-22-26-14-6-8-30(11-16(14)35-22)17-9-18(33-3)28-21(27-17)34-4/h5,7,9,12,23H,6,8,10-11H2,1-4H3,(H,24,31)(H2,25,26,29,32)/p+1. The summed E-state index contributed by atoms with van der Waals surface area (Å²) in [7, 11) is 3.06. The molecule has 4 heterocycles. The highest BCUT2D eigenvalue weighted by Crippen LogP contribution is 2.31. The fourth-order valence-corrected chi connectivity index (χ4v) is 4.71. The normalized spacial score (nSPS) is 15.1. The minimum Gasteiger partial charge on any atom is -0.481 e. The van der Waals surface area contributed by atoms with E-state index in [0.717, 1.165) is 10.6 Å². The largest absolute Gasteiger partial charge is 0.481 e. The minimum atomic E-state index is -0.438. The van der Waals surface area contributed by atoms with Gasteiger partial charge in [0.25, 0.3) is 5.91 Å². The van der Waals surface area contributed by atoms with Gasteiger partial charge in [-0.3, -0.25) is 10.1 Å². The van der Waals surface area contributed by atoms with Crippen LogP contribution in [-0.4, -0.2) is 60.2 Å². The lowest BCUT2D eigenvalue weighted by Crippen LogP contribution is -2.80. The molecule has 2 aliphatic heterocycles. The van der Waals surface area contributed by atoms with E-state index in [9.17, 15) is 9.59 Å². The number of quaternary nitrogens is 1. The molecule has 0 unspecified atom stereocenters. The lowest BCUT2D eigenvalue weighted by Gasteiger charge is -2.27. The van der Waals surface area contributed by atoms with Crippen LogP contribution in [0.5, 0.6) is 11.9 Å². The topological polar surface area (TPSA) is 147 Å². The van der Waals surface area contributed by atoms with E-state index in [0.29, 0.717) is 54.2 Å². The van der Waals surface area contributed by atoms with E-state index in [1.54, 1.807) is 19.3 Å². The molecule has 0 saturated carbocycles. The molecule has 2 aromatic heterocycles. The average Bonchev–Trinajstić information content (AvgIpc) is 3.24. The number of anilines is 2. The van der Waals surface area contributed by atoms with Crippen molar-refractivity contribution in [1.29, 1.82) is 0 Å². The van der Waals surface area contributed by atoms with Crippen molar-refractivity contribution in [3.05, 3.63) is 40.2 Å². The molecule has 0 radical (unpaired) electrons. The maximum absolute atomic E-state index is 12.7. The van der Waals surface area contributed by atoms with Gasteiger partial charge in [-0.25, -0.2) is 9.78 Å². The number of fused-ring (bicyclic) bond motifs is 1. The molecule has 0 fully saturated rings. The van der Waals surface area contributed by atoms with Gasteiger partial charge < -0.3 is 30.3 Å². The van der Waals surface area contributed by atoms with Crippen LogP contribution in [0.3, 0.4) is 0 Å². The number of carbonyl (C=O) groups is 2. The number of urea groups is 1. The van der Waals surface area contributed by atoms with Crippen molar-refractivity contribution in [2.45, 2.75) is 32.9 Å². The molecule has 5 N–H and O–H groups in total. The lowest BCUT2D eigenvalue weighted by molar-refractivity contribution is -0.581. The van der Waals surface area contributed by atoms with E-state index < -0.39 is 6.03 Å². The summed E-state index contributed by atoms with van der Waals surface area (Å²) in [5.41, 5.74) is 1.93. The summed E-state index contributed by atoms with van der Waals surface area (Å²) in [6.45, 7) is 5.53. The van der Waals surface area contributed by atoms with Gasteiger partial charge >= 0.3 is 12.0 Å². The van der Waals surface area contributed by atoms with Crippen LogP contribution in [0.1, 0.15) is 24.4 Å². The van der Waals surface area contributed by atoms with Crippen molar-refractivity contribution < 1.29 is 24.4 Å². The Bertz CT molecular complexity index is 1150. The van der Waals surface area contributed by atoms with Crippen molar-refractivity contribution in [2.75, 3.05) is 37.5 Å². The zero-order valence-corrected chi connectivity index (χ0v) is 20.9. The Morgan fingerprint density at radius 3 is 2.74 bits per heavy atom. The third-order valence-electron chi connectivity index (χ3n) is 5.31. The molecule has 0 aromatic carbocycles. The van der Waals surface area contributed by atoms with Crippen molar-refractivity contribution in [3.8, 4) is 11.9 Å². The number of carbonyl (C=O) groups excluding carboxylic acids is 2. The van der Waals surface area contributed by atoms with Gasteiger partial charge in [-0.1, -0.05) is 11.3 Å². The highest BCUT2D eigenvalue weighted by Gasteiger charge is 2.25. The number of amides is 3. The Balaban J connectivity index is 1.44. The Labute approximate surface area is 206 Å². The van der Waals surface area contributed by atoms with E-state index >= 15 is 0 Å². The molecule has 3 amide bonds. The van der Waals surface area contributed by atoms with Gasteiger partial charge in [-0.2, -0.15) is 9.97 Å². The fraction of sp³-hybridized carbons (Fsp3) is 0.409. The molecule has 2 aliphatic rings. The summed E-state index contributed by atoms with van der Waals surface area (Å²) in [4.78, 5) is 41.5. The molecule has 0 spiro atoms. The molecular weight excluding hydrogens is 472 g/mol. The molecule has 35 heavy (non-hydrogen) atoms. The SMILES string of the molecule is COc1cc(N2CCc3nc(NC(=O)NC4=C(C(=O)NC(C)C)C=C[NH2+]C4)sc3C2)nc(OC)n1. The summed E-state index contributed by atoms with van der Waals surface area (Å²) in [5, 5.41) is 10.9. The molecule has 0 aliphatic carbocycles. The van der Waals surface area contributed by atoms with E-state index in [2.05, 4.69) is 35.8 Å². The van der Waals surface area contributed by atoms with Crippen LogP contribution in [-0.2, 0) is 17.8 Å². The number of ether oxygens (including phenoxy) is 2. The molecule has 0 bridgehead atoms. The van der Waals surface area contributed by atoms with Crippen molar-refractivity contribution >= 4 is 34.2 Å². The van der Waals surface area contributed by atoms with Crippen LogP contribution < -0.4 is 35.6 Å². The number of thiazole rings is 1. The first-order valence-corrected chi connectivity index (χ1v) is 12.0. The van der Waals surface area contributed by atoms with E-state index in [1.807, 2.05) is 25.4 Å². The summed E-state index contributed by atoms with van der Waals surface area (Å²) in [6, 6.07) is 1.55. The van der Waals surface area contributed by atoms with Crippen molar-refractivity contribution in [1.82, 2.24) is 25.6 Å². The number of rotatable bonds is 7. The van der Waals surface area contributed by atoms with Gasteiger partial charge in [-0.05, 0) is 13.8 Å². The summed E-state index contributed by atoms with van der Waals surface area (Å²) >= 11 is 1.41. The smallest absolute Gasteiger partial charge is 0.325 e. The molecule has 2 aromatic rings. The second-order valence-electron chi connectivity index (χ2n) is 8.21. The molecular formula is C22H29N8O4S+. The van der Waals surface area contributed by atoms with Crippen LogP contribution in [0.2, 0.25) is 0 Å². The maximum atomic E-state index is 12.7. The van der Waals surface area contributed by atoms with Crippen LogP contribution in [0, 0.1) is 0 Å². The first-order valence-electron chi connectivity index (χ1n) is 11.2. The Hall–Kier alpha value is -3.71. The number of nitrogens with one attached hydrogen (secondary N) is 3. The monoisotopic (exact) mass is 501 g/mol. The minimum absolute atomic E-state index is 0.00453. The van der Waals surface area contributed by atoms with E-state index in [1.165, 1.54) is 18.4 Å². The highest BCUT2D eigenvalue weighted by atomic mass is 32.1. The number of hydrogen-bond acceptors (Lipinski definition) is 9. The number of aromatic nitrogens is 3. The average molecular weight is 502 g/mol. The van der Waals surface area contributed by atoms with Gasteiger partial charge in [0.05, 0.1) is 43.9 Å². The van der Waals surface area contributed by atoms with E-state index in [4.69, 9.17) is 9.47 Å². The van der Waals surface area contributed by atoms with Gasteiger partial charge in [-0.15, -0.1) is 0 Å². The van der Waals surface area contributed by atoms with Gasteiger partial charge in [0.2, 0.25) is 5.88 Å². The maximum Gasteiger partial charge on any atom is 0.325 e. The summed E-state index contributed by atoms with van der Waals surface area (Å²) in [5.74, 6) is 0.898. The Morgan fingerprint density at radius 1 is 1.17 bits per heavy atom. The molecule has 186 valence electrons. The zero-order valence-electron chi connectivity index (χ0n) is 20.0. The van der Waals surface area contributed by atoms with Gasteiger partial charge in [0.15, 0.2) is 5.13 Å². The predicted octanol–water partition coefficient (Wildman–Crippen LogP) is 0.504. The van der Waals surface area contributed by atoms with Gasteiger partial charge in [0, 0.05) is 36.0 Å². The molecule has 4 rings (SSSR count). The summed E-state index contributed by atoms with van der Waals surface area (Å²) < 4.78 is 10.4. The van der Waals surface area contributed by atoms with Crippen molar-refractivity contribution in [2.24, 2.45) is 0 Å². The third-order valence-corrected chi connectivity index (χ3v) is 6.31. The second kappa shape index (κ2) is 10.7. The molecule has 13 heteroatoms. The zero-order chi connectivity index (χ0) is 24.9. The van der Waals surface area contributed by atoms with Gasteiger partial charge in [0.1, 0.15) is 12.4 Å². The molecule has 0 atom stereocenters. The first kappa shape index (κ1) is 24.4. The number of nitrogens with zero attached hydrogens (tertiary/aromatic N) is 4. The Kier molecular flexibility index (Phi) is 7.46. The van der Waals surface area contributed by atoms with Crippen molar-refractivity contribution in [3.63, 3.8) is 0 Å². The van der Waals surface area contributed by atoms with Crippen LogP contribution in [0.25, 0.3) is 0 Å². The van der Waals surface area contributed by atoms with Crippen LogP contribution in [0.4, 0.5) is 15.7 Å². The number of nitrogens with two attached hydrogens (primary N) is 1. The second-order valence-corrected chi connectivity index (χ2v) is 9.30. The number of hydrogen-bond donors (Lipinski definition) is 4. The lowest BCUT2D eigenvalue weighted by atomic mass is 10.1.